The molecule has 21 heavy (non-hydrogen) atoms. The Hall–Kier alpha value is -2.19. The van der Waals surface area contributed by atoms with E-state index < -0.39 is 16.0 Å². The molecule has 0 unspecified atom stereocenters. The Labute approximate surface area is 125 Å². The van der Waals surface area contributed by atoms with E-state index in [-0.39, 0.29) is 21.4 Å². The Kier molecular flexibility index (Phi) is 4.10. The van der Waals surface area contributed by atoms with Crippen LogP contribution in [0.5, 0.6) is 0 Å². The molecule has 9 heteroatoms. The summed E-state index contributed by atoms with van der Waals surface area (Å²) in [5.41, 5.74) is 0.579. The van der Waals surface area contributed by atoms with E-state index in [4.69, 9.17) is 16.7 Å². The Bertz CT molecular complexity index is 791. The Morgan fingerprint density at radius 3 is 2.52 bits per heavy atom. The standard InChI is InChI=1S/C12H10ClN3O4S/c1-7-9(3-4-10(13)15-7)16-21(19,20)11-5-2-8(6-14-11)12(17)18/h2-6,16H,1H3,(H,17,18). The van der Waals surface area contributed by atoms with Gasteiger partial charge in [0.1, 0.15) is 5.15 Å². The molecule has 0 amide bonds. The summed E-state index contributed by atoms with van der Waals surface area (Å²) >= 11 is 5.70. The maximum atomic E-state index is 12.1. The van der Waals surface area contributed by atoms with Crippen molar-refractivity contribution in [1.29, 1.82) is 0 Å². The quantitative estimate of drug-likeness (QED) is 0.830. The fraction of sp³-hybridized carbons (Fsp3) is 0.0833. The molecule has 2 aromatic rings. The number of hydrogen-bond donors (Lipinski definition) is 2. The minimum Gasteiger partial charge on any atom is -0.478 e. The number of carboxylic acid groups (broad SMARTS) is 1. The molecular weight excluding hydrogens is 318 g/mol. The second-order valence-corrected chi connectivity index (χ2v) is 6.08. The summed E-state index contributed by atoms with van der Waals surface area (Å²) in [5, 5.41) is 8.71. The molecule has 7 nitrogen and oxygen atoms in total. The summed E-state index contributed by atoms with van der Waals surface area (Å²) in [6, 6.07) is 5.21. The maximum absolute atomic E-state index is 12.1. The van der Waals surface area contributed by atoms with Crippen molar-refractivity contribution in [3.05, 3.63) is 46.9 Å². The highest BCUT2D eigenvalue weighted by molar-refractivity contribution is 7.92. The lowest BCUT2D eigenvalue weighted by atomic mass is 10.3. The predicted octanol–water partition coefficient (Wildman–Crippen LogP) is 1.94. The van der Waals surface area contributed by atoms with Crippen LogP contribution < -0.4 is 4.72 Å². The van der Waals surface area contributed by atoms with Gasteiger partial charge < -0.3 is 5.11 Å². The van der Waals surface area contributed by atoms with Crippen molar-refractivity contribution < 1.29 is 18.3 Å². The molecule has 0 radical (unpaired) electrons. The molecule has 0 aromatic carbocycles. The van der Waals surface area contributed by atoms with Gasteiger partial charge in [-0.15, -0.1) is 0 Å². The minimum atomic E-state index is -3.93. The number of anilines is 1. The fourth-order valence-electron chi connectivity index (χ4n) is 1.50. The van der Waals surface area contributed by atoms with Crippen molar-refractivity contribution in [2.45, 2.75) is 11.9 Å². The number of aromatic carboxylic acids is 1. The van der Waals surface area contributed by atoms with Crippen LogP contribution in [-0.4, -0.2) is 29.5 Å². The number of carboxylic acids is 1. The third-order valence-electron chi connectivity index (χ3n) is 2.55. The average molecular weight is 328 g/mol. The maximum Gasteiger partial charge on any atom is 0.337 e. The van der Waals surface area contributed by atoms with Gasteiger partial charge in [-0.1, -0.05) is 11.6 Å². The lowest BCUT2D eigenvalue weighted by molar-refractivity contribution is 0.0696. The first-order valence-electron chi connectivity index (χ1n) is 5.65. The summed E-state index contributed by atoms with van der Waals surface area (Å²) in [5.74, 6) is -1.18. The molecule has 2 N–H and O–H groups in total. The van der Waals surface area contributed by atoms with Gasteiger partial charge in [0, 0.05) is 6.20 Å². The molecule has 2 rings (SSSR count). The summed E-state index contributed by atoms with van der Waals surface area (Å²) in [6.07, 6.45) is 0.976. The van der Waals surface area contributed by atoms with Crippen LogP contribution in [0, 0.1) is 6.92 Å². The molecule has 2 aromatic heterocycles. The van der Waals surface area contributed by atoms with Crippen LogP contribution in [0.15, 0.2) is 35.5 Å². The molecule has 2 heterocycles. The van der Waals surface area contributed by atoms with Crippen LogP contribution >= 0.6 is 11.6 Å². The van der Waals surface area contributed by atoms with Gasteiger partial charge in [-0.3, -0.25) is 4.72 Å². The molecular formula is C12H10ClN3O4S. The molecule has 0 saturated heterocycles. The van der Waals surface area contributed by atoms with Crippen LogP contribution in [0.2, 0.25) is 5.15 Å². The van der Waals surface area contributed by atoms with E-state index in [1.165, 1.54) is 12.1 Å². The van der Waals surface area contributed by atoms with Gasteiger partial charge in [0.15, 0.2) is 5.03 Å². The smallest absolute Gasteiger partial charge is 0.337 e. The van der Waals surface area contributed by atoms with Crippen molar-refractivity contribution in [3.63, 3.8) is 0 Å². The zero-order chi connectivity index (χ0) is 15.6. The number of nitrogens with one attached hydrogen (secondary N) is 1. The summed E-state index contributed by atoms with van der Waals surface area (Å²) in [6.45, 7) is 1.60. The van der Waals surface area contributed by atoms with Crippen LogP contribution in [0.25, 0.3) is 0 Å². The Morgan fingerprint density at radius 1 is 1.29 bits per heavy atom. The first-order chi connectivity index (χ1) is 9.79. The highest BCUT2D eigenvalue weighted by atomic mass is 35.5. The second-order valence-electron chi connectivity index (χ2n) is 4.06. The van der Waals surface area contributed by atoms with Crippen molar-refractivity contribution in [1.82, 2.24) is 9.97 Å². The van der Waals surface area contributed by atoms with Crippen LogP contribution in [0.3, 0.4) is 0 Å². The summed E-state index contributed by atoms with van der Waals surface area (Å²) < 4.78 is 26.6. The molecule has 0 aliphatic rings. The summed E-state index contributed by atoms with van der Waals surface area (Å²) in [4.78, 5) is 18.3. The molecule has 110 valence electrons. The van der Waals surface area contributed by atoms with Gasteiger partial charge >= 0.3 is 5.97 Å². The number of sulfonamides is 1. The van der Waals surface area contributed by atoms with E-state index in [0.717, 1.165) is 18.3 Å². The van der Waals surface area contributed by atoms with Gasteiger partial charge in [0.2, 0.25) is 0 Å². The van der Waals surface area contributed by atoms with Gasteiger partial charge in [-0.25, -0.2) is 14.8 Å². The lowest BCUT2D eigenvalue weighted by Gasteiger charge is -2.09. The van der Waals surface area contributed by atoms with Crippen LogP contribution in [-0.2, 0) is 10.0 Å². The molecule has 0 aliphatic heterocycles. The predicted molar refractivity (Wildman–Crippen MR) is 76.0 cm³/mol. The van der Waals surface area contributed by atoms with Crippen molar-refractivity contribution in [3.8, 4) is 0 Å². The molecule has 0 aliphatic carbocycles. The molecule has 0 bridgehead atoms. The Balaban J connectivity index is 2.31. The first kappa shape index (κ1) is 15.2. The van der Waals surface area contributed by atoms with E-state index in [9.17, 15) is 13.2 Å². The monoisotopic (exact) mass is 327 g/mol. The van der Waals surface area contributed by atoms with E-state index >= 15 is 0 Å². The highest BCUT2D eigenvalue weighted by Crippen LogP contribution is 2.19. The van der Waals surface area contributed by atoms with E-state index in [1.54, 1.807) is 6.92 Å². The highest BCUT2D eigenvalue weighted by Gasteiger charge is 2.18. The fourth-order valence-corrected chi connectivity index (χ4v) is 2.74. The number of carbonyl (C=O) groups is 1. The number of aromatic nitrogens is 2. The average Bonchev–Trinajstić information content (AvgIpc) is 2.42. The number of hydrogen-bond acceptors (Lipinski definition) is 5. The molecule has 0 spiro atoms. The molecule has 0 saturated carbocycles. The van der Waals surface area contributed by atoms with E-state index in [2.05, 4.69) is 14.7 Å². The van der Waals surface area contributed by atoms with Gasteiger partial charge in [-0.2, -0.15) is 8.42 Å². The number of halogens is 1. The third-order valence-corrected chi connectivity index (χ3v) is 4.05. The second kappa shape index (κ2) is 5.66. The number of aryl methyl sites for hydroxylation is 1. The number of pyridine rings is 2. The number of rotatable bonds is 4. The van der Waals surface area contributed by atoms with Gasteiger partial charge in [-0.05, 0) is 31.2 Å². The van der Waals surface area contributed by atoms with Crippen LogP contribution in [0.1, 0.15) is 16.1 Å². The molecule has 0 fully saturated rings. The first-order valence-corrected chi connectivity index (χ1v) is 7.51. The topological polar surface area (TPSA) is 109 Å². The largest absolute Gasteiger partial charge is 0.478 e. The van der Waals surface area contributed by atoms with E-state index in [0.29, 0.717) is 5.69 Å². The zero-order valence-corrected chi connectivity index (χ0v) is 12.3. The Morgan fingerprint density at radius 2 is 2.00 bits per heavy atom. The minimum absolute atomic E-state index is 0.0988. The normalized spacial score (nSPS) is 11.1. The number of nitrogens with zero attached hydrogens (tertiary/aromatic N) is 2. The van der Waals surface area contributed by atoms with Crippen molar-refractivity contribution in [2.75, 3.05) is 4.72 Å². The van der Waals surface area contributed by atoms with Crippen LogP contribution in [0.4, 0.5) is 5.69 Å². The van der Waals surface area contributed by atoms with Crippen molar-refractivity contribution >= 4 is 33.3 Å². The SMILES string of the molecule is Cc1nc(Cl)ccc1NS(=O)(=O)c1ccc(C(=O)O)cn1. The van der Waals surface area contributed by atoms with Gasteiger partial charge in [0.05, 0.1) is 16.9 Å². The van der Waals surface area contributed by atoms with Gasteiger partial charge in [0.25, 0.3) is 10.0 Å². The molecule has 0 atom stereocenters. The zero-order valence-electron chi connectivity index (χ0n) is 10.7. The third kappa shape index (κ3) is 3.47. The lowest BCUT2D eigenvalue weighted by Crippen LogP contribution is -2.16. The van der Waals surface area contributed by atoms with E-state index in [1.807, 2.05) is 0 Å². The van der Waals surface area contributed by atoms with Crippen molar-refractivity contribution in [2.24, 2.45) is 0 Å². The summed E-state index contributed by atoms with van der Waals surface area (Å²) in [7, 11) is -3.93.